The Morgan fingerprint density at radius 2 is 1.86 bits per heavy atom. The number of nitrogens with zero attached hydrogens (tertiary/aromatic N) is 3. The van der Waals surface area contributed by atoms with Crippen LogP contribution in [0, 0.1) is 18.6 Å². The first-order valence-electron chi connectivity index (χ1n) is 10.3. The highest BCUT2D eigenvalue weighted by Gasteiger charge is 2.21. The SMILES string of the molecule is Cc1cc(OCc2ccc(F)cc2F)c(Br)c(=O)n1Cc1cnc(CNC(=O)C(C)(C)N)cn1.Cl. The van der Waals surface area contributed by atoms with Crippen molar-refractivity contribution in [1.82, 2.24) is 19.9 Å². The predicted octanol–water partition coefficient (Wildman–Crippen LogP) is 3.39. The standard InChI is InChI=1S/C23H24BrF2N5O3.ClH/c1-13-6-19(34-12-14-4-5-15(25)7-18(14)26)20(24)21(32)31(13)11-17-10-28-16(8-29-17)9-30-22(33)23(2,3)27;/h4-8,10H,9,11-12,27H2,1-3H3,(H,30,33);1H. The van der Waals surface area contributed by atoms with Gasteiger partial charge in [-0.15, -0.1) is 12.4 Å². The molecular formula is C23H25BrClF2N5O3. The topological polar surface area (TPSA) is 112 Å². The first kappa shape index (κ1) is 28.3. The molecule has 0 atom stereocenters. The van der Waals surface area contributed by atoms with Crippen molar-refractivity contribution in [2.75, 3.05) is 0 Å². The second kappa shape index (κ2) is 11.7. The van der Waals surface area contributed by atoms with Crippen LogP contribution in [0.25, 0.3) is 0 Å². The van der Waals surface area contributed by atoms with Gasteiger partial charge in [-0.2, -0.15) is 0 Å². The third-order valence-corrected chi connectivity index (χ3v) is 5.64. The number of amides is 1. The van der Waals surface area contributed by atoms with Crippen LogP contribution in [-0.4, -0.2) is 26.0 Å². The molecule has 0 aliphatic heterocycles. The van der Waals surface area contributed by atoms with Crippen LogP contribution >= 0.6 is 28.3 Å². The molecule has 35 heavy (non-hydrogen) atoms. The fourth-order valence-electron chi connectivity index (χ4n) is 2.93. The molecule has 0 radical (unpaired) electrons. The van der Waals surface area contributed by atoms with Gasteiger partial charge in [0.1, 0.15) is 28.5 Å². The van der Waals surface area contributed by atoms with Crippen molar-refractivity contribution < 1.29 is 18.3 Å². The predicted molar refractivity (Wildman–Crippen MR) is 132 cm³/mol. The Balaban J connectivity index is 0.00000432. The number of aromatic nitrogens is 3. The molecule has 0 saturated heterocycles. The van der Waals surface area contributed by atoms with E-state index in [1.165, 1.54) is 23.0 Å². The monoisotopic (exact) mass is 571 g/mol. The molecule has 0 spiro atoms. The molecule has 1 aromatic carbocycles. The summed E-state index contributed by atoms with van der Waals surface area (Å²) in [6.45, 7) is 5.10. The van der Waals surface area contributed by atoms with Gasteiger partial charge in [0.15, 0.2) is 0 Å². The molecule has 0 unspecified atom stereocenters. The lowest BCUT2D eigenvalue weighted by Crippen LogP contribution is -2.48. The van der Waals surface area contributed by atoms with Crippen LogP contribution in [-0.2, 0) is 24.5 Å². The van der Waals surface area contributed by atoms with Gasteiger partial charge in [0.05, 0.1) is 42.4 Å². The Morgan fingerprint density at radius 1 is 1.20 bits per heavy atom. The van der Waals surface area contributed by atoms with Crippen molar-refractivity contribution in [1.29, 1.82) is 0 Å². The van der Waals surface area contributed by atoms with Crippen molar-refractivity contribution in [3.8, 4) is 5.75 Å². The van der Waals surface area contributed by atoms with Gasteiger partial charge in [0.2, 0.25) is 5.91 Å². The van der Waals surface area contributed by atoms with Gasteiger partial charge < -0.3 is 20.4 Å². The van der Waals surface area contributed by atoms with Crippen molar-refractivity contribution in [2.24, 2.45) is 5.73 Å². The molecule has 0 aliphatic carbocycles. The fraction of sp³-hybridized carbons (Fsp3) is 0.304. The van der Waals surface area contributed by atoms with Crippen LogP contribution in [0.3, 0.4) is 0 Å². The largest absolute Gasteiger partial charge is 0.487 e. The average molecular weight is 573 g/mol. The van der Waals surface area contributed by atoms with Gasteiger partial charge in [-0.25, -0.2) is 8.78 Å². The van der Waals surface area contributed by atoms with E-state index in [9.17, 15) is 18.4 Å². The fourth-order valence-corrected chi connectivity index (χ4v) is 3.37. The average Bonchev–Trinajstić information content (AvgIpc) is 2.77. The third kappa shape index (κ3) is 7.30. The summed E-state index contributed by atoms with van der Waals surface area (Å²) in [4.78, 5) is 33.3. The van der Waals surface area contributed by atoms with E-state index in [4.69, 9.17) is 10.5 Å². The van der Waals surface area contributed by atoms with E-state index in [-0.39, 0.29) is 59.4 Å². The number of nitrogens with two attached hydrogens (primary N) is 1. The number of nitrogens with one attached hydrogen (secondary N) is 1. The Morgan fingerprint density at radius 3 is 2.46 bits per heavy atom. The second-order valence-electron chi connectivity index (χ2n) is 8.28. The van der Waals surface area contributed by atoms with Gasteiger partial charge in [0.25, 0.3) is 5.56 Å². The number of carbonyl (C=O) groups excluding carboxylic acids is 1. The van der Waals surface area contributed by atoms with E-state index < -0.39 is 17.2 Å². The van der Waals surface area contributed by atoms with Gasteiger partial charge >= 0.3 is 0 Å². The number of hydrogen-bond donors (Lipinski definition) is 2. The molecule has 2 heterocycles. The van der Waals surface area contributed by atoms with Crippen LogP contribution in [0.2, 0.25) is 0 Å². The number of aryl methyl sites for hydroxylation is 1. The van der Waals surface area contributed by atoms with E-state index in [0.717, 1.165) is 12.1 Å². The van der Waals surface area contributed by atoms with Crippen LogP contribution in [0.15, 0.2) is 45.9 Å². The van der Waals surface area contributed by atoms with Crippen LogP contribution < -0.4 is 21.3 Å². The second-order valence-corrected chi connectivity index (χ2v) is 9.08. The smallest absolute Gasteiger partial charge is 0.269 e. The molecule has 12 heteroatoms. The Bertz CT molecular complexity index is 1260. The highest BCUT2D eigenvalue weighted by molar-refractivity contribution is 9.10. The molecule has 0 saturated carbocycles. The van der Waals surface area contributed by atoms with E-state index in [1.54, 1.807) is 26.8 Å². The molecule has 3 rings (SSSR count). The van der Waals surface area contributed by atoms with Crippen LogP contribution in [0.4, 0.5) is 8.78 Å². The first-order chi connectivity index (χ1) is 16.0. The maximum absolute atomic E-state index is 13.9. The van der Waals surface area contributed by atoms with Gasteiger partial charge in [-0.05, 0) is 48.8 Å². The summed E-state index contributed by atoms with van der Waals surface area (Å²) in [6, 6.07) is 4.84. The maximum Gasteiger partial charge on any atom is 0.269 e. The molecule has 3 aromatic rings. The third-order valence-electron chi connectivity index (χ3n) is 4.91. The minimum absolute atomic E-state index is 0. The van der Waals surface area contributed by atoms with Crippen LogP contribution in [0.1, 0.15) is 36.5 Å². The van der Waals surface area contributed by atoms with Crippen molar-refractivity contribution in [2.45, 2.75) is 46.0 Å². The highest BCUT2D eigenvalue weighted by atomic mass is 79.9. The quantitative estimate of drug-likeness (QED) is 0.428. The number of rotatable bonds is 8. The molecule has 188 valence electrons. The lowest BCUT2D eigenvalue weighted by molar-refractivity contribution is -0.125. The number of hydrogen-bond acceptors (Lipinski definition) is 6. The van der Waals surface area contributed by atoms with Gasteiger partial charge in [0, 0.05) is 23.4 Å². The highest BCUT2D eigenvalue weighted by Crippen LogP contribution is 2.24. The van der Waals surface area contributed by atoms with Crippen molar-refractivity contribution in [3.63, 3.8) is 0 Å². The molecular weight excluding hydrogens is 548 g/mol. The van der Waals surface area contributed by atoms with E-state index >= 15 is 0 Å². The summed E-state index contributed by atoms with van der Waals surface area (Å²) in [5.41, 5.74) is 6.21. The summed E-state index contributed by atoms with van der Waals surface area (Å²) in [5.74, 6) is -1.48. The molecule has 1 amide bonds. The summed E-state index contributed by atoms with van der Waals surface area (Å²) >= 11 is 3.25. The first-order valence-corrected chi connectivity index (χ1v) is 11.1. The molecule has 8 nitrogen and oxygen atoms in total. The van der Waals surface area contributed by atoms with E-state index in [2.05, 4.69) is 31.2 Å². The number of pyridine rings is 1. The van der Waals surface area contributed by atoms with Crippen molar-refractivity contribution in [3.05, 3.63) is 85.8 Å². The summed E-state index contributed by atoms with van der Waals surface area (Å²) in [7, 11) is 0. The zero-order chi connectivity index (χ0) is 25.0. The van der Waals surface area contributed by atoms with Gasteiger partial charge in [-0.3, -0.25) is 19.6 Å². The van der Waals surface area contributed by atoms with Crippen LogP contribution in [0.5, 0.6) is 5.75 Å². The summed E-state index contributed by atoms with van der Waals surface area (Å²) in [6.07, 6.45) is 3.04. The number of carbonyl (C=O) groups is 1. The normalized spacial score (nSPS) is 11.1. The Kier molecular flexibility index (Phi) is 9.47. The Labute approximate surface area is 215 Å². The van der Waals surface area contributed by atoms with Gasteiger partial charge in [-0.1, -0.05) is 0 Å². The minimum Gasteiger partial charge on any atom is -0.487 e. The lowest BCUT2D eigenvalue weighted by Gasteiger charge is -2.17. The molecule has 0 fully saturated rings. The zero-order valence-corrected chi connectivity index (χ0v) is 21.7. The minimum atomic E-state index is -0.998. The van der Waals surface area contributed by atoms with Crippen molar-refractivity contribution >= 4 is 34.2 Å². The number of benzene rings is 1. The Hall–Kier alpha value is -2.89. The summed E-state index contributed by atoms with van der Waals surface area (Å²) in [5, 5.41) is 2.69. The molecule has 3 N–H and O–H groups in total. The van der Waals surface area contributed by atoms with E-state index in [0.29, 0.717) is 17.1 Å². The van der Waals surface area contributed by atoms with E-state index in [1.807, 2.05) is 0 Å². The number of halogens is 4. The molecule has 0 bridgehead atoms. The lowest BCUT2D eigenvalue weighted by atomic mass is 10.1. The zero-order valence-electron chi connectivity index (χ0n) is 19.3. The number of ether oxygens (including phenoxy) is 1. The molecule has 0 aliphatic rings. The molecule has 2 aromatic heterocycles. The maximum atomic E-state index is 13.9. The summed E-state index contributed by atoms with van der Waals surface area (Å²) < 4.78 is 34.2.